The average Bonchev–Trinajstić information content (AvgIpc) is 4.07. The Kier molecular flexibility index (Phi) is 13.1. The fourth-order valence-corrected chi connectivity index (χ4v) is 10.7. The number of methoxy groups -OCH3 is 1. The van der Waals surface area contributed by atoms with E-state index in [0.29, 0.717) is 22.9 Å². The molecule has 17 heteroatoms. The van der Waals surface area contributed by atoms with Crippen molar-refractivity contribution in [2.45, 2.75) is 98.5 Å². The lowest BCUT2D eigenvalue weighted by atomic mass is 9.85. The van der Waals surface area contributed by atoms with Crippen LogP contribution in [0.2, 0.25) is 0 Å². The molecule has 6 aromatic rings. The fourth-order valence-electron chi connectivity index (χ4n) is 8.69. The Balaban J connectivity index is 0.983. The van der Waals surface area contributed by atoms with Gasteiger partial charge in [0.2, 0.25) is 11.8 Å². The van der Waals surface area contributed by atoms with Gasteiger partial charge in [0.15, 0.2) is 5.82 Å². The number of carbonyl (C=O) groups excluding carboxylic acids is 4. The van der Waals surface area contributed by atoms with E-state index in [2.05, 4.69) is 25.8 Å². The SMILES string of the molecule is COC(=O)C[C@@H]1N=C(c2ccc(-c3ccc(C(=O)NC(C(=O)N4C[C@H](O)C[C@H]4C(=O)N[C@@H](C)c4ccc(-c5scnc5C)cc4)C(C)(C)C)cc3F)cc2)c2c(sc(C)c2C)-n2c(C)nnc21. The van der Waals surface area contributed by atoms with Crippen LogP contribution in [-0.2, 0) is 19.1 Å². The van der Waals surface area contributed by atoms with Crippen LogP contribution in [0.3, 0.4) is 0 Å². The maximum absolute atomic E-state index is 16.1. The quantitative estimate of drug-likeness (QED) is 0.109. The van der Waals surface area contributed by atoms with Crippen LogP contribution in [0.25, 0.3) is 26.6 Å². The van der Waals surface area contributed by atoms with Crippen LogP contribution in [-0.4, -0.2) is 91.0 Å². The molecule has 348 valence electrons. The van der Waals surface area contributed by atoms with E-state index in [-0.39, 0.29) is 30.5 Å². The molecule has 5 heterocycles. The van der Waals surface area contributed by atoms with Gasteiger partial charge in [-0.3, -0.25) is 28.7 Å². The number of thiazole rings is 1. The van der Waals surface area contributed by atoms with E-state index < -0.39 is 65.2 Å². The summed E-state index contributed by atoms with van der Waals surface area (Å²) in [6.07, 6.45) is -0.947. The minimum Gasteiger partial charge on any atom is -0.469 e. The van der Waals surface area contributed by atoms with Crippen LogP contribution in [0.15, 0.2) is 77.2 Å². The molecule has 0 bridgehead atoms. The number of β-amino-alcohol motifs (C(OH)–C–C–N with tert-alkyl or cyclic N) is 1. The number of thiophene rings is 1. The van der Waals surface area contributed by atoms with Crippen molar-refractivity contribution in [2.75, 3.05) is 13.7 Å². The van der Waals surface area contributed by atoms with E-state index >= 15 is 4.39 Å². The van der Waals surface area contributed by atoms with Crippen molar-refractivity contribution in [3.63, 3.8) is 0 Å². The Hall–Kier alpha value is -6.43. The normalized spacial score (nSPS) is 17.7. The van der Waals surface area contributed by atoms with Gasteiger partial charge >= 0.3 is 5.97 Å². The Morgan fingerprint density at radius 2 is 1.63 bits per heavy atom. The number of benzene rings is 3. The first-order valence-corrected chi connectivity index (χ1v) is 23.7. The van der Waals surface area contributed by atoms with Crippen LogP contribution in [0.1, 0.15) is 107 Å². The average molecular weight is 945 g/mol. The molecule has 8 rings (SSSR count). The number of halogens is 1. The van der Waals surface area contributed by atoms with Gasteiger partial charge in [-0.25, -0.2) is 9.37 Å². The van der Waals surface area contributed by atoms with Crippen LogP contribution < -0.4 is 10.6 Å². The number of aryl methyl sites for hydroxylation is 3. The van der Waals surface area contributed by atoms with Crippen molar-refractivity contribution in [3.8, 4) is 26.6 Å². The molecular weight excluding hydrogens is 892 g/mol. The number of hydrogen-bond acceptors (Lipinski definition) is 12. The Labute approximate surface area is 396 Å². The van der Waals surface area contributed by atoms with Gasteiger partial charge in [0, 0.05) is 40.1 Å². The van der Waals surface area contributed by atoms with Gasteiger partial charge in [0.1, 0.15) is 34.8 Å². The maximum Gasteiger partial charge on any atom is 0.308 e. The summed E-state index contributed by atoms with van der Waals surface area (Å²) >= 11 is 3.15. The number of ether oxygens (including phenoxy) is 1. The standard InChI is InChI=1S/C50H53FN8O6S2/c1-25-28(4)67-49-41(25)42(54-38(22-40(61)65-9)45-57-56-29(5)59(45)49)32-14-12-31(13-15-32)36-19-18-34(20-37(36)51)46(62)55-44(50(6,7)8)48(64)58-23-35(60)21-39(58)47(63)53-26(2)30-10-16-33(17-11-30)43-27(3)52-24-66-43/h10-20,24,26,35,38-39,44,60H,21-23H2,1-9H3,(H,53,63)(H,55,62)/t26-,35+,38-,39-,44?/m0/s1. The highest BCUT2D eigenvalue weighted by Crippen LogP contribution is 2.40. The topological polar surface area (TPSA) is 181 Å². The molecule has 3 amide bonds. The highest BCUT2D eigenvalue weighted by atomic mass is 32.1. The number of fused-ring (bicyclic) bond motifs is 3. The number of hydrogen-bond donors (Lipinski definition) is 3. The molecule has 3 N–H and O–H groups in total. The first-order chi connectivity index (χ1) is 31.8. The molecular formula is C50H53FN8O6S2. The number of amides is 3. The zero-order chi connectivity index (χ0) is 48.1. The zero-order valence-electron chi connectivity index (χ0n) is 38.8. The number of aliphatic imine (C=N–C) groups is 1. The molecule has 3 aromatic heterocycles. The minimum atomic E-state index is -1.12. The first kappa shape index (κ1) is 47.1. The van der Waals surface area contributed by atoms with Crippen molar-refractivity contribution >= 4 is 52.1 Å². The summed E-state index contributed by atoms with van der Waals surface area (Å²) in [6.45, 7) is 15.0. The number of aliphatic hydroxyl groups excluding tert-OH is 1. The van der Waals surface area contributed by atoms with Crippen molar-refractivity contribution < 1.29 is 33.4 Å². The van der Waals surface area contributed by atoms with Gasteiger partial charge < -0.3 is 25.4 Å². The predicted molar refractivity (Wildman–Crippen MR) is 256 cm³/mol. The molecule has 3 aromatic carbocycles. The van der Waals surface area contributed by atoms with Crippen LogP contribution >= 0.6 is 22.7 Å². The molecule has 0 aliphatic carbocycles. The molecule has 2 aliphatic heterocycles. The predicted octanol–water partition coefficient (Wildman–Crippen LogP) is 7.93. The Bertz CT molecular complexity index is 2920. The van der Waals surface area contributed by atoms with Crippen molar-refractivity contribution in [1.29, 1.82) is 0 Å². The number of likely N-dealkylation sites (tertiary alicyclic amines) is 1. The third-order valence-corrected chi connectivity index (χ3v) is 14.7. The Morgan fingerprint density at radius 1 is 0.940 bits per heavy atom. The monoisotopic (exact) mass is 944 g/mol. The second-order valence-electron chi connectivity index (χ2n) is 18.2. The second-order valence-corrected chi connectivity index (χ2v) is 20.3. The van der Waals surface area contributed by atoms with Gasteiger partial charge in [0.25, 0.3) is 5.91 Å². The number of esters is 1. The number of aromatic nitrogens is 4. The van der Waals surface area contributed by atoms with Gasteiger partial charge in [-0.2, -0.15) is 0 Å². The smallest absolute Gasteiger partial charge is 0.308 e. The molecule has 14 nitrogen and oxygen atoms in total. The lowest BCUT2D eigenvalue weighted by Crippen LogP contribution is -2.57. The summed E-state index contributed by atoms with van der Waals surface area (Å²) in [5.41, 5.74) is 7.96. The minimum absolute atomic E-state index is 0.00334. The van der Waals surface area contributed by atoms with Crippen molar-refractivity contribution in [2.24, 2.45) is 10.4 Å². The maximum atomic E-state index is 16.1. The lowest BCUT2D eigenvalue weighted by Gasteiger charge is -2.35. The molecule has 67 heavy (non-hydrogen) atoms. The molecule has 1 unspecified atom stereocenters. The third kappa shape index (κ3) is 9.32. The van der Waals surface area contributed by atoms with E-state index in [1.54, 1.807) is 61.1 Å². The highest BCUT2D eigenvalue weighted by molar-refractivity contribution is 7.15. The molecule has 0 radical (unpaired) electrons. The number of nitrogens with one attached hydrogen (secondary N) is 2. The first-order valence-electron chi connectivity index (χ1n) is 22.0. The second kappa shape index (κ2) is 18.7. The van der Waals surface area contributed by atoms with Gasteiger partial charge in [-0.1, -0.05) is 75.4 Å². The lowest BCUT2D eigenvalue weighted by molar-refractivity contribution is -0.142. The van der Waals surface area contributed by atoms with E-state index in [1.807, 2.05) is 75.6 Å². The molecule has 0 spiro atoms. The van der Waals surface area contributed by atoms with Gasteiger partial charge in [0.05, 0.1) is 47.5 Å². The third-order valence-electron chi connectivity index (χ3n) is 12.6. The van der Waals surface area contributed by atoms with Crippen molar-refractivity contribution in [3.05, 3.63) is 128 Å². The van der Waals surface area contributed by atoms with Crippen molar-refractivity contribution in [1.82, 2.24) is 35.3 Å². The largest absolute Gasteiger partial charge is 0.469 e. The van der Waals surface area contributed by atoms with Gasteiger partial charge in [-0.05, 0) is 74.4 Å². The van der Waals surface area contributed by atoms with Gasteiger partial charge in [-0.15, -0.1) is 32.9 Å². The number of nitrogens with zero attached hydrogens (tertiary/aromatic N) is 6. The van der Waals surface area contributed by atoms with E-state index in [1.165, 1.54) is 24.1 Å². The molecule has 1 fully saturated rings. The van der Waals surface area contributed by atoms with Crippen LogP contribution in [0.4, 0.5) is 4.39 Å². The van der Waals surface area contributed by atoms with Crippen LogP contribution in [0, 0.1) is 38.9 Å². The summed E-state index contributed by atoms with van der Waals surface area (Å²) < 4.78 is 23.1. The zero-order valence-corrected chi connectivity index (χ0v) is 40.4. The summed E-state index contributed by atoms with van der Waals surface area (Å²) in [5.74, 6) is -1.50. The molecule has 2 aliphatic rings. The summed E-state index contributed by atoms with van der Waals surface area (Å²) in [7, 11) is 1.33. The molecule has 1 saturated heterocycles. The van der Waals surface area contributed by atoms with Crippen LogP contribution in [0.5, 0.6) is 0 Å². The number of aliphatic hydroxyl groups is 1. The van der Waals surface area contributed by atoms with E-state index in [0.717, 1.165) is 54.3 Å². The molecule has 5 atom stereocenters. The highest BCUT2D eigenvalue weighted by Gasteiger charge is 2.45. The summed E-state index contributed by atoms with van der Waals surface area (Å²) in [5, 5.41) is 26.2. The molecule has 0 saturated carbocycles. The summed E-state index contributed by atoms with van der Waals surface area (Å²) in [4.78, 5) is 67.5. The Morgan fingerprint density at radius 3 is 2.27 bits per heavy atom. The fraction of sp³-hybridized carbons (Fsp3) is 0.360. The van der Waals surface area contributed by atoms with E-state index in [9.17, 15) is 24.3 Å². The number of rotatable bonds is 11. The van der Waals surface area contributed by atoms with E-state index in [4.69, 9.17) is 9.73 Å². The summed E-state index contributed by atoms with van der Waals surface area (Å²) in [6, 6.07) is 16.1. The number of carbonyl (C=O) groups is 4.